The molecular weight excluding hydrogens is 252 g/mol. The van der Waals surface area contributed by atoms with Gasteiger partial charge in [-0.2, -0.15) is 0 Å². The molecule has 2 N–H and O–H groups in total. The number of primary amides is 1. The smallest absolute Gasteiger partial charge is 0.249 e. The van der Waals surface area contributed by atoms with Gasteiger partial charge in [-0.15, -0.1) is 0 Å². The molecule has 1 heterocycles. The number of carbonyl (C=O) groups excluding carboxylic acids is 1. The molecule has 0 saturated heterocycles. The van der Waals surface area contributed by atoms with Gasteiger partial charge in [0.05, 0.1) is 12.2 Å². The second-order valence-electron chi connectivity index (χ2n) is 4.59. The van der Waals surface area contributed by atoms with Crippen molar-refractivity contribution in [3.05, 3.63) is 47.8 Å². The Morgan fingerprint density at radius 1 is 1.30 bits per heavy atom. The molecule has 1 aromatic carbocycles. The van der Waals surface area contributed by atoms with E-state index in [-0.39, 0.29) is 0 Å². The Bertz CT molecular complexity index is 624. The second-order valence-corrected chi connectivity index (χ2v) is 4.59. The predicted molar refractivity (Wildman–Crippen MR) is 78.7 cm³/mol. The van der Waals surface area contributed by atoms with Gasteiger partial charge in [-0.1, -0.05) is 25.1 Å². The van der Waals surface area contributed by atoms with Crippen LogP contribution < -0.4 is 10.5 Å². The van der Waals surface area contributed by atoms with Crippen molar-refractivity contribution in [2.75, 3.05) is 6.61 Å². The molecule has 2 aromatic rings. The van der Waals surface area contributed by atoms with Crippen LogP contribution in [0.25, 0.3) is 11.1 Å². The minimum absolute atomic E-state index is 0.451. The van der Waals surface area contributed by atoms with E-state index in [0.29, 0.717) is 17.7 Å². The number of aryl methyl sites for hydroxylation is 1. The minimum Gasteiger partial charge on any atom is -0.493 e. The van der Waals surface area contributed by atoms with Gasteiger partial charge < -0.3 is 10.5 Å². The zero-order chi connectivity index (χ0) is 14.5. The summed E-state index contributed by atoms with van der Waals surface area (Å²) in [5.74, 6) is 0.315. The summed E-state index contributed by atoms with van der Waals surface area (Å²) in [4.78, 5) is 15.7. The third-order valence-corrected chi connectivity index (χ3v) is 3.04. The van der Waals surface area contributed by atoms with Gasteiger partial charge >= 0.3 is 0 Å². The van der Waals surface area contributed by atoms with Gasteiger partial charge in [0.2, 0.25) is 5.91 Å². The quantitative estimate of drug-likeness (QED) is 0.908. The number of aromatic nitrogens is 1. The minimum atomic E-state index is -0.467. The van der Waals surface area contributed by atoms with E-state index in [2.05, 4.69) is 11.9 Å². The lowest BCUT2D eigenvalue weighted by Gasteiger charge is -2.15. The number of carbonyl (C=O) groups is 1. The van der Waals surface area contributed by atoms with Crippen molar-refractivity contribution in [2.45, 2.75) is 20.3 Å². The first-order valence-corrected chi connectivity index (χ1v) is 6.61. The molecule has 0 spiro atoms. The van der Waals surface area contributed by atoms with Gasteiger partial charge in [-0.05, 0) is 25.0 Å². The highest BCUT2D eigenvalue weighted by molar-refractivity contribution is 6.00. The molecule has 20 heavy (non-hydrogen) atoms. The Morgan fingerprint density at radius 2 is 2.10 bits per heavy atom. The zero-order valence-corrected chi connectivity index (χ0v) is 11.7. The van der Waals surface area contributed by atoms with Crippen LogP contribution in [0.4, 0.5) is 0 Å². The van der Waals surface area contributed by atoms with Gasteiger partial charge in [0.15, 0.2) is 0 Å². The number of hydrogen-bond donors (Lipinski definition) is 1. The number of pyridine rings is 1. The number of hydrogen-bond acceptors (Lipinski definition) is 3. The summed E-state index contributed by atoms with van der Waals surface area (Å²) in [7, 11) is 0. The third kappa shape index (κ3) is 2.79. The van der Waals surface area contributed by atoms with Crippen molar-refractivity contribution >= 4 is 5.91 Å². The second kappa shape index (κ2) is 6.19. The molecule has 0 saturated carbocycles. The van der Waals surface area contributed by atoms with Crippen molar-refractivity contribution in [3.8, 4) is 16.9 Å². The molecule has 0 fully saturated rings. The van der Waals surface area contributed by atoms with Crippen LogP contribution in [0.1, 0.15) is 29.3 Å². The fourth-order valence-electron chi connectivity index (χ4n) is 2.08. The van der Waals surface area contributed by atoms with Crippen LogP contribution in [-0.4, -0.2) is 17.5 Å². The Balaban J connectivity index is 2.58. The first kappa shape index (κ1) is 14.1. The maximum absolute atomic E-state index is 11.6. The van der Waals surface area contributed by atoms with Crippen LogP contribution in [0, 0.1) is 6.92 Å². The SMILES string of the molecule is CCCOc1c(C)cccc1-c1cnccc1C(N)=O. The first-order valence-electron chi connectivity index (χ1n) is 6.61. The third-order valence-electron chi connectivity index (χ3n) is 3.04. The van der Waals surface area contributed by atoms with Gasteiger partial charge in [0, 0.05) is 23.5 Å². The van der Waals surface area contributed by atoms with Crippen molar-refractivity contribution in [1.82, 2.24) is 4.98 Å². The van der Waals surface area contributed by atoms with E-state index < -0.39 is 5.91 Å². The van der Waals surface area contributed by atoms with Crippen LogP contribution in [0.2, 0.25) is 0 Å². The van der Waals surface area contributed by atoms with Crippen molar-refractivity contribution in [2.24, 2.45) is 5.73 Å². The van der Waals surface area contributed by atoms with E-state index in [1.165, 1.54) is 0 Å². The number of ether oxygens (including phenoxy) is 1. The van der Waals surface area contributed by atoms with E-state index in [9.17, 15) is 4.79 Å². The Labute approximate surface area is 118 Å². The number of nitrogens with two attached hydrogens (primary N) is 1. The van der Waals surface area contributed by atoms with E-state index in [1.807, 2.05) is 25.1 Å². The summed E-state index contributed by atoms with van der Waals surface area (Å²) in [5.41, 5.74) is 8.46. The normalized spacial score (nSPS) is 10.3. The Kier molecular flexibility index (Phi) is 4.35. The molecule has 0 aliphatic rings. The first-order chi connectivity index (χ1) is 9.65. The standard InChI is InChI=1S/C16H18N2O2/c1-3-9-20-15-11(2)5-4-6-12(15)14-10-18-8-7-13(14)16(17)19/h4-8,10H,3,9H2,1-2H3,(H2,17,19). The number of para-hydroxylation sites is 1. The van der Waals surface area contributed by atoms with Crippen molar-refractivity contribution < 1.29 is 9.53 Å². The van der Waals surface area contributed by atoms with Crippen molar-refractivity contribution in [3.63, 3.8) is 0 Å². The summed E-state index contributed by atoms with van der Waals surface area (Å²) in [5, 5.41) is 0. The van der Waals surface area contributed by atoms with Crippen molar-refractivity contribution in [1.29, 1.82) is 0 Å². The van der Waals surface area contributed by atoms with Gasteiger partial charge in [-0.25, -0.2) is 0 Å². The number of rotatable bonds is 5. The molecule has 0 bridgehead atoms. The topological polar surface area (TPSA) is 65.2 Å². The van der Waals surface area contributed by atoms with Gasteiger partial charge in [0.25, 0.3) is 0 Å². The molecule has 104 valence electrons. The van der Waals surface area contributed by atoms with E-state index >= 15 is 0 Å². The molecular formula is C16H18N2O2. The molecule has 0 unspecified atom stereocenters. The summed E-state index contributed by atoms with van der Waals surface area (Å²) < 4.78 is 5.83. The van der Waals surface area contributed by atoms with Crippen LogP contribution >= 0.6 is 0 Å². The van der Waals surface area contributed by atoms with Crippen LogP contribution in [0.15, 0.2) is 36.7 Å². The largest absolute Gasteiger partial charge is 0.493 e. The Morgan fingerprint density at radius 3 is 2.80 bits per heavy atom. The maximum Gasteiger partial charge on any atom is 0.249 e. The van der Waals surface area contributed by atoms with Gasteiger partial charge in [-0.3, -0.25) is 9.78 Å². The summed E-state index contributed by atoms with van der Waals surface area (Å²) in [6, 6.07) is 7.46. The molecule has 4 nitrogen and oxygen atoms in total. The molecule has 0 atom stereocenters. The van der Waals surface area contributed by atoms with Gasteiger partial charge in [0.1, 0.15) is 5.75 Å². The monoisotopic (exact) mass is 270 g/mol. The predicted octanol–water partition coefficient (Wildman–Crippen LogP) is 2.94. The molecule has 0 aliphatic carbocycles. The summed E-state index contributed by atoms with van der Waals surface area (Å²) in [6.45, 7) is 4.66. The average Bonchev–Trinajstić information content (AvgIpc) is 2.45. The lowest BCUT2D eigenvalue weighted by Crippen LogP contribution is -2.13. The molecule has 4 heteroatoms. The molecule has 1 aromatic heterocycles. The molecule has 2 rings (SSSR count). The number of amides is 1. The van der Waals surface area contributed by atoms with E-state index in [1.54, 1.807) is 18.5 Å². The summed E-state index contributed by atoms with van der Waals surface area (Å²) in [6.07, 6.45) is 4.13. The van der Waals surface area contributed by atoms with E-state index in [0.717, 1.165) is 23.3 Å². The molecule has 0 radical (unpaired) electrons. The molecule has 1 amide bonds. The fraction of sp³-hybridized carbons (Fsp3) is 0.250. The highest BCUT2D eigenvalue weighted by atomic mass is 16.5. The zero-order valence-electron chi connectivity index (χ0n) is 11.7. The number of benzene rings is 1. The fourth-order valence-corrected chi connectivity index (χ4v) is 2.08. The highest BCUT2D eigenvalue weighted by Crippen LogP contribution is 2.34. The highest BCUT2D eigenvalue weighted by Gasteiger charge is 2.15. The van der Waals surface area contributed by atoms with Crippen LogP contribution in [0.3, 0.4) is 0 Å². The van der Waals surface area contributed by atoms with E-state index in [4.69, 9.17) is 10.5 Å². The Hall–Kier alpha value is -2.36. The maximum atomic E-state index is 11.6. The molecule has 0 aliphatic heterocycles. The van der Waals surface area contributed by atoms with Crippen LogP contribution in [-0.2, 0) is 0 Å². The lowest BCUT2D eigenvalue weighted by molar-refractivity contribution is 0.100. The summed E-state index contributed by atoms with van der Waals surface area (Å²) >= 11 is 0. The lowest BCUT2D eigenvalue weighted by atomic mass is 9.98. The average molecular weight is 270 g/mol. The van der Waals surface area contributed by atoms with Crippen LogP contribution in [0.5, 0.6) is 5.75 Å². The number of nitrogens with zero attached hydrogens (tertiary/aromatic N) is 1.